The number of aromatic carboxylic acids is 1. The van der Waals surface area contributed by atoms with E-state index >= 15 is 0 Å². The predicted octanol–water partition coefficient (Wildman–Crippen LogP) is 1.75. The molecule has 0 amide bonds. The molecule has 10 heteroatoms. The molecule has 138 valence electrons. The lowest BCUT2D eigenvalue weighted by molar-refractivity contribution is -0.140. The lowest BCUT2D eigenvalue weighted by atomic mass is 10.1. The molecule has 0 aromatic heterocycles. The second kappa shape index (κ2) is 7.62. The van der Waals surface area contributed by atoms with Crippen molar-refractivity contribution in [3.05, 3.63) is 17.7 Å². The zero-order chi connectivity index (χ0) is 19.5. The number of hydrogen-bond donors (Lipinski definition) is 2. The van der Waals surface area contributed by atoms with Gasteiger partial charge in [0.25, 0.3) is 10.1 Å². The Morgan fingerprint density at radius 1 is 0.960 bits per heavy atom. The number of carbonyl (C=O) groups is 3. The van der Waals surface area contributed by atoms with E-state index in [1.54, 1.807) is 0 Å². The van der Waals surface area contributed by atoms with Gasteiger partial charge in [-0.15, -0.1) is 0 Å². The summed E-state index contributed by atoms with van der Waals surface area (Å²) < 4.78 is 41.8. The third-order valence-electron chi connectivity index (χ3n) is 2.91. The van der Waals surface area contributed by atoms with Gasteiger partial charge in [0.2, 0.25) is 0 Å². The highest BCUT2D eigenvalue weighted by atomic mass is 32.2. The Kier molecular flexibility index (Phi) is 6.27. The summed E-state index contributed by atoms with van der Waals surface area (Å²) in [6.45, 7) is 5.98. The third-order valence-corrected chi connectivity index (χ3v) is 3.74. The fraction of sp³-hybridized carbons (Fsp3) is 0.400. The molecule has 0 radical (unpaired) electrons. The molecule has 0 aliphatic heterocycles. The standard InChI is InChI=1S/C15H18O9S/c1-7(2)14(18)23-11-6-9(25(20,21)22)5-10(13(16)17)12(11)24-15(19)8(3)4/h5-8H,1-4H3,(H,16,17)(H,20,21,22). The lowest BCUT2D eigenvalue weighted by Crippen LogP contribution is -2.20. The molecule has 0 saturated heterocycles. The molecule has 0 unspecified atom stereocenters. The normalized spacial score (nSPS) is 11.5. The van der Waals surface area contributed by atoms with Crippen molar-refractivity contribution in [2.75, 3.05) is 0 Å². The largest absolute Gasteiger partial charge is 0.478 e. The van der Waals surface area contributed by atoms with Crippen molar-refractivity contribution in [1.29, 1.82) is 0 Å². The number of ether oxygens (including phenoxy) is 2. The Balaban J connectivity index is 3.65. The second-order valence-corrected chi connectivity index (χ2v) is 7.15. The maximum Gasteiger partial charge on any atom is 0.339 e. The average Bonchev–Trinajstić information content (AvgIpc) is 2.46. The van der Waals surface area contributed by atoms with Crippen LogP contribution in [0, 0.1) is 11.8 Å². The van der Waals surface area contributed by atoms with Gasteiger partial charge in [-0.2, -0.15) is 8.42 Å². The van der Waals surface area contributed by atoms with E-state index in [-0.39, 0.29) is 0 Å². The van der Waals surface area contributed by atoms with Crippen LogP contribution in [0.15, 0.2) is 17.0 Å². The van der Waals surface area contributed by atoms with Crippen molar-refractivity contribution < 1.29 is 41.9 Å². The first-order valence-electron chi connectivity index (χ1n) is 7.16. The quantitative estimate of drug-likeness (QED) is 0.432. The minimum atomic E-state index is -4.79. The first-order valence-corrected chi connectivity index (χ1v) is 8.60. The molecule has 1 aromatic rings. The van der Waals surface area contributed by atoms with Crippen LogP contribution in [0.25, 0.3) is 0 Å². The van der Waals surface area contributed by atoms with Crippen LogP contribution in [0.4, 0.5) is 0 Å². The fourth-order valence-electron chi connectivity index (χ4n) is 1.51. The summed E-state index contributed by atoms with van der Waals surface area (Å²) in [6.07, 6.45) is 0. The first-order chi connectivity index (χ1) is 11.3. The SMILES string of the molecule is CC(C)C(=O)Oc1cc(S(=O)(=O)O)cc(C(=O)O)c1OC(=O)C(C)C. The van der Waals surface area contributed by atoms with E-state index in [1.165, 1.54) is 27.7 Å². The van der Waals surface area contributed by atoms with Gasteiger partial charge >= 0.3 is 17.9 Å². The minimum absolute atomic E-state index is 0.597. The van der Waals surface area contributed by atoms with Crippen LogP contribution in [0.3, 0.4) is 0 Å². The lowest BCUT2D eigenvalue weighted by Gasteiger charge is -2.16. The van der Waals surface area contributed by atoms with Crippen molar-refractivity contribution >= 4 is 28.0 Å². The van der Waals surface area contributed by atoms with Crippen molar-refractivity contribution in [3.63, 3.8) is 0 Å². The molecule has 0 aliphatic carbocycles. The summed E-state index contributed by atoms with van der Waals surface area (Å²) in [6, 6.07) is 1.32. The van der Waals surface area contributed by atoms with Crippen LogP contribution < -0.4 is 9.47 Å². The van der Waals surface area contributed by atoms with Gasteiger partial charge in [-0.1, -0.05) is 27.7 Å². The van der Waals surface area contributed by atoms with E-state index in [2.05, 4.69) is 0 Å². The van der Waals surface area contributed by atoms with Crippen LogP contribution in [0.2, 0.25) is 0 Å². The molecule has 0 aliphatic rings. The number of carbonyl (C=O) groups excluding carboxylic acids is 2. The molecule has 0 fully saturated rings. The zero-order valence-corrected chi connectivity index (χ0v) is 14.8. The summed E-state index contributed by atoms with van der Waals surface area (Å²) in [5.41, 5.74) is -0.754. The number of benzene rings is 1. The summed E-state index contributed by atoms with van der Waals surface area (Å²) >= 11 is 0. The zero-order valence-electron chi connectivity index (χ0n) is 14.0. The van der Waals surface area contributed by atoms with Gasteiger partial charge in [0.05, 0.1) is 16.7 Å². The Morgan fingerprint density at radius 3 is 1.84 bits per heavy atom. The van der Waals surface area contributed by atoms with Crippen LogP contribution >= 0.6 is 0 Å². The van der Waals surface area contributed by atoms with Gasteiger partial charge in [-0.3, -0.25) is 14.1 Å². The fourth-order valence-corrected chi connectivity index (χ4v) is 2.03. The first kappa shape index (κ1) is 20.6. The van der Waals surface area contributed by atoms with E-state index < -0.39 is 61.8 Å². The van der Waals surface area contributed by atoms with E-state index in [0.717, 1.165) is 0 Å². The predicted molar refractivity (Wildman–Crippen MR) is 84.2 cm³/mol. The Hall–Kier alpha value is -2.46. The van der Waals surface area contributed by atoms with Crippen molar-refractivity contribution in [1.82, 2.24) is 0 Å². The molecule has 0 saturated carbocycles. The molecule has 0 spiro atoms. The molecule has 1 aromatic carbocycles. The highest BCUT2D eigenvalue weighted by Gasteiger charge is 2.27. The second-order valence-electron chi connectivity index (χ2n) is 5.73. The molecule has 0 heterocycles. The summed E-state index contributed by atoms with van der Waals surface area (Å²) in [5, 5.41) is 9.27. The molecule has 25 heavy (non-hydrogen) atoms. The molecule has 0 bridgehead atoms. The van der Waals surface area contributed by atoms with Gasteiger partial charge < -0.3 is 14.6 Å². The van der Waals surface area contributed by atoms with Crippen LogP contribution in [-0.2, 0) is 19.7 Å². The Labute approximate surface area is 144 Å². The van der Waals surface area contributed by atoms with Crippen molar-refractivity contribution in [3.8, 4) is 11.5 Å². The number of esters is 2. The Morgan fingerprint density at radius 2 is 1.44 bits per heavy atom. The molecular weight excluding hydrogens is 356 g/mol. The van der Waals surface area contributed by atoms with Crippen LogP contribution in [0.5, 0.6) is 11.5 Å². The van der Waals surface area contributed by atoms with Crippen molar-refractivity contribution in [2.45, 2.75) is 32.6 Å². The maximum atomic E-state index is 11.8. The highest BCUT2D eigenvalue weighted by molar-refractivity contribution is 7.85. The van der Waals surface area contributed by atoms with Gasteiger partial charge in [-0.05, 0) is 6.07 Å². The van der Waals surface area contributed by atoms with Gasteiger partial charge in [-0.25, -0.2) is 4.79 Å². The highest BCUT2D eigenvalue weighted by Crippen LogP contribution is 2.36. The molecule has 2 N–H and O–H groups in total. The topological polar surface area (TPSA) is 144 Å². The summed E-state index contributed by atoms with van der Waals surface area (Å²) in [4.78, 5) is 34.2. The minimum Gasteiger partial charge on any atom is -0.478 e. The van der Waals surface area contributed by atoms with Crippen molar-refractivity contribution in [2.24, 2.45) is 11.8 Å². The molecular formula is C15H18O9S. The van der Waals surface area contributed by atoms with Gasteiger partial charge in [0.15, 0.2) is 11.5 Å². The maximum absolute atomic E-state index is 11.8. The number of carboxylic acids is 1. The van der Waals surface area contributed by atoms with E-state index in [9.17, 15) is 27.9 Å². The monoisotopic (exact) mass is 374 g/mol. The summed E-state index contributed by atoms with van der Waals surface area (Å²) in [5.74, 6) is -5.74. The number of rotatable bonds is 6. The van der Waals surface area contributed by atoms with E-state index in [1.807, 2.05) is 0 Å². The summed E-state index contributed by atoms with van der Waals surface area (Å²) in [7, 11) is -4.79. The van der Waals surface area contributed by atoms with Crippen LogP contribution in [-0.4, -0.2) is 36.0 Å². The van der Waals surface area contributed by atoms with Gasteiger partial charge in [0, 0.05) is 6.07 Å². The third kappa shape index (κ3) is 5.26. The van der Waals surface area contributed by atoms with E-state index in [0.29, 0.717) is 12.1 Å². The van der Waals surface area contributed by atoms with E-state index in [4.69, 9.17) is 14.0 Å². The van der Waals surface area contributed by atoms with Gasteiger partial charge in [0.1, 0.15) is 5.56 Å². The number of hydrogen-bond acceptors (Lipinski definition) is 7. The number of carboxylic acid groups (broad SMARTS) is 1. The van der Waals surface area contributed by atoms with Crippen LogP contribution in [0.1, 0.15) is 38.1 Å². The molecule has 0 atom stereocenters. The molecule has 1 rings (SSSR count). The Bertz CT molecular complexity index is 807. The smallest absolute Gasteiger partial charge is 0.339 e. The molecule has 9 nitrogen and oxygen atoms in total. The average molecular weight is 374 g/mol.